The Hall–Kier alpha value is -2.25. The number of fused-ring (bicyclic) bond motifs is 3. The Kier molecular flexibility index (Phi) is 2.76. The van der Waals surface area contributed by atoms with Crippen molar-refractivity contribution in [2.75, 3.05) is 0 Å². The largest absolute Gasteiger partial charge is 0.463 e. The van der Waals surface area contributed by atoms with Crippen LogP contribution in [-0.4, -0.2) is 24.0 Å². The molecule has 4 heteroatoms. The van der Waals surface area contributed by atoms with Gasteiger partial charge in [-0.3, -0.25) is 4.79 Å². The van der Waals surface area contributed by atoms with Crippen LogP contribution in [0.2, 0.25) is 0 Å². The molecule has 2 aliphatic rings. The van der Waals surface area contributed by atoms with Crippen molar-refractivity contribution in [3.8, 4) is 12.3 Å². The Morgan fingerprint density at radius 2 is 2.33 bits per heavy atom. The topological polar surface area (TPSA) is 54.3 Å². The molecule has 1 aromatic heterocycles. The maximum absolute atomic E-state index is 12.4. The molecule has 2 aliphatic heterocycles. The van der Waals surface area contributed by atoms with E-state index in [4.69, 9.17) is 10.8 Å². The average Bonchev–Trinajstić information content (AvgIpc) is 3.21. The van der Waals surface area contributed by atoms with Crippen molar-refractivity contribution >= 4 is 16.9 Å². The van der Waals surface area contributed by atoms with E-state index in [1.807, 2.05) is 6.07 Å². The summed E-state index contributed by atoms with van der Waals surface area (Å²) in [6.07, 6.45) is 10.4. The first-order chi connectivity index (χ1) is 10.2. The van der Waals surface area contributed by atoms with Crippen LogP contribution in [0.25, 0.3) is 11.0 Å². The third-order valence-corrected chi connectivity index (χ3v) is 4.61. The quantitative estimate of drug-likeness (QED) is 0.828. The number of rotatable bonds is 2. The van der Waals surface area contributed by atoms with Crippen LogP contribution < -0.4 is 10.6 Å². The van der Waals surface area contributed by atoms with Gasteiger partial charge in [0.1, 0.15) is 11.8 Å². The van der Waals surface area contributed by atoms with Gasteiger partial charge in [-0.1, -0.05) is 5.92 Å². The number of hydrogen-bond acceptors (Lipinski definition) is 3. The van der Waals surface area contributed by atoms with Crippen LogP contribution in [0.15, 0.2) is 28.9 Å². The number of terminal acetylenes is 1. The molecule has 3 atom stereocenters. The molecule has 2 fully saturated rings. The molecule has 2 saturated heterocycles. The van der Waals surface area contributed by atoms with Gasteiger partial charge >= 0.3 is 0 Å². The summed E-state index contributed by atoms with van der Waals surface area (Å²) >= 11 is 0. The summed E-state index contributed by atoms with van der Waals surface area (Å²) in [4.78, 5) is 12.4. The molecule has 2 bridgehead atoms. The minimum absolute atomic E-state index is 0.0413. The van der Waals surface area contributed by atoms with Crippen molar-refractivity contribution in [1.82, 2.24) is 10.6 Å². The summed E-state index contributed by atoms with van der Waals surface area (Å²) in [6.45, 7) is 0. The zero-order valence-corrected chi connectivity index (χ0v) is 11.6. The first kappa shape index (κ1) is 12.5. The van der Waals surface area contributed by atoms with Crippen molar-refractivity contribution in [3.63, 3.8) is 0 Å². The summed E-state index contributed by atoms with van der Waals surface area (Å²) in [5.74, 6) is 2.53. The minimum atomic E-state index is -0.0413. The van der Waals surface area contributed by atoms with Crippen molar-refractivity contribution in [2.24, 2.45) is 0 Å². The molecule has 0 spiro atoms. The number of benzene rings is 1. The zero-order chi connectivity index (χ0) is 14.4. The van der Waals surface area contributed by atoms with Gasteiger partial charge in [0, 0.05) is 29.1 Å². The van der Waals surface area contributed by atoms with Gasteiger partial charge in [0.15, 0.2) is 0 Å². The number of amides is 1. The van der Waals surface area contributed by atoms with Crippen LogP contribution in [0, 0.1) is 12.3 Å². The van der Waals surface area contributed by atoms with Gasteiger partial charge < -0.3 is 15.1 Å². The van der Waals surface area contributed by atoms with Crippen molar-refractivity contribution in [3.05, 3.63) is 35.6 Å². The van der Waals surface area contributed by atoms with Gasteiger partial charge in [0.05, 0.1) is 5.56 Å². The third-order valence-electron chi connectivity index (χ3n) is 4.61. The van der Waals surface area contributed by atoms with E-state index in [-0.39, 0.29) is 11.9 Å². The number of carbonyl (C=O) groups excluding carboxylic acids is 1. The number of hydrogen-bond donors (Lipinski definition) is 2. The molecule has 1 amide bonds. The van der Waals surface area contributed by atoms with Crippen molar-refractivity contribution in [1.29, 1.82) is 0 Å². The van der Waals surface area contributed by atoms with Gasteiger partial charge in [-0.15, -0.1) is 6.42 Å². The van der Waals surface area contributed by atoms with E-state index >= 15 is 0 Å². The Balaban J connectivity index is 1.58. The average molecular weight is 280 g/mol. The van der Waals surface area contributed by atoms with Gasteiger partial charge in [-0.2, -0.15) is 0 Å². The number of furan rings is 1. The van der Waals surface area contributed by atoms with Crippen LogP contribution in [0.1, 0.15) is 35.2 Å². The second kappa shape index (κ2) is 4.64. The smallest absolute Gasteiger partial charge is 0.251 e. The van der Waals surface area contributed by atoms with Gasteiger partial charge in [-0.05, 0) is 37.5 Å². The first-order valence-electron chi connectivity index (χ1n) is 7.29. The maximum atomic E-state index is 12.4. The second-order valence-corrected chi connectivity index (χ2v) is 5.87. The normalized spacial score (nSPS) is 26.9. The predicted octanol–water partition coefficient (Wildman–Crippen LogP) is 2.04. The van der Waals surface area contributed by atoms with Gasteiger partial charge in [0.25, 0.3) is 5.91 Å². The third kappa shape index (κ3) is 2.01. The molecule has 106 valence electrons. The van der Waals surface area contributed by atoms with E-state index in [1.165, 1.54) is 6.42 Å². The molecule has 1 aromatic carbocycles. The Morgan fingerprint density at radius 1 is 1.43 bits per heavy atom. The zero-order valence-electron chi connectivity index (χ0n) is 11.6. The van der Waals surface area contributed by atoms with Crippen LogP contribution in [0.3, 0.4) is 0 Å². The molecule has 0 radical (unpaired) electrons. The highest BCUT2D eigenvalue weighted by atomic mass is 16.3. The lowest BCUT2D eigenvalue weighted by molar-refractivity contribution is 0.0931. The molecule has 4 rings (SSSR count). The monoisotopic (exact) mass is 280 g/mol. The van der Waals surface area contributed by atoms with Crippen LogP contribution in [0.5, 0.6) is 0 Å². The summed E-state index contributed by atoms with van der Waals surface area (Å²) < 4.78 is 5.36. The lowest BCUT2D eigenvalue weighted by atomic mass is 9.95. The van der Waals surface area contributed by atoms with Crippen molar-refractivity contribution < 1.29 is 9.21 Å². The fourth-order valence-corrected chi connectivity index (χ4v) is 3.52. The highest BCUT2D eigenvalue weighted by Crippen LogP contribution is 2.28. The van der Waals surface area contributed by atoms with Gasteiger partial charge in [-0.25, -0.2) is 0 Å². The molecule has 3 unspecified atom stereocenters. The number of nitrogens with one attached hydrogen (secondary N) is 2. The Labute approximate surface area is 122 Å². The molecule has 2 aromatic rings. The summed E-state index contributed by atoms with van der Waals surface area (Å²) in [6, 6.07) is 6.63. The fraction of sp³-hybridized carbons (Fsp3) is 0.353. The highest BCUT2D eigenvalue weighted by molar-refractivity contribution is 5.99. The minimum Gasteiger partial charge on any atom is -0.463 e. The second-order valence-electron chi connectivity index (χ2n) is 5.87. The van der Waals surface area contributed by atoms with E-state index in [0.29, 0.717) is 28.8 Å². The maximum Gasteiger partial charge on any atom is 0.251 e. The standard InChI is InChI=1S/C17H16N2O2/c1-2-10-9-21-16-6-3-11(7-13(10)16)17(20)19-15-8-12-4-5-14(15)18-12/h1,3,6-7,9,12,14-15,18H,4-5,8H2,(H,19,20). The first-order valence-corrected chi connectivity index (χ1v) is 7.29. The molecular formula is C17H16N2O2. The molecule has 0 aliphatic carbocycles. The predicted molar refractivity (Wildman–Crippen MR) is 80.0 cm³/mol. The van der Waals surface area contributed by atoms with E-state index in [9.17, 15) is 4.79 Å². The lowest BCUT2D eigenvalue weighted by Gasteiger charge is -2.21. The van der Waals surface area contributed by atoms with Crippen LogP contribution in [-0.2, 0) is 0 Å². The molecule has 2 N–H and O–H groups in total. The van der Waals surface area contributed by atoms with E-state index in [2.05, 4.69) is 16.6 Å². The van der Waals surface area contributed by atoms with Crippen molar-refractivity contribution in [2.45, 2.75) is 37.4 Å². The Morgan fingerprint density at radius 3 is 3.05 bits per heavy atom. The van der Waals surface area contributed by atoms with Crippen LogP contribution >= 0.6 is 0 Å². The van der Waals surface area contributed by atoms with Crippen LogP contribution in [0.4, 0.5) is 0 Å². The van der Waals surface area contributed by atoms with E-state index in [1.54, 1.807) is 18.4 Å². The fourth-order valence-electron chi connectivity index (χ4n) is 3.52. The molecule has 21 heavy (non-hydrogen) atoms. The molecule has 3 heterocycles. The van der Waals surface area contributed by atoms with E-state index < -0.39 is 0 Å². The SMILES string of the molecule is C#Cc1coc2ccc(C(=O)NC3CC4CCC3N4)cc12. The summed E-state index contributed by atoms with van der Waals surface area (Å²) in [5, 5.41) is 7.48. The van der Waals surface area contributed by atoms with Gasteiger partial charge in [0.2, 0.25) is 0 Å². The number of carbonyl (C=O) groups is 1. The van der Waals surface area contributed by atoms with E-state index in [0.717, 1.165) is 18.2 Å². The molecular weight excluding hydrogens is 264 g/mol. The Bertz CT molecular complexity index is 756. The molecule has 0 saturated carbocycles. The molecule has 4 nitrogen and oxygen atoms in total. The summed E-state index contributed by atoms with van der Waals surface area (Å²) in [7, 11) is 0. The lowest BCUT2D eigenvalue weighted by Crippen LogP contribution is -2.42. The summed E-state index contributed by atoms with van der Waals surface area (Å²) in [5.41, 5.74) is 2.02. The highest BCUT2D eigenvalue weighted by Gasteiger charge is 2.39.